The molecule has 0 aromatic heterocycles. The molecule has 2 aliphatic carbocycles. The van der Waals surface area contributed by atoms with Crippen LogP contribution >= 0.6 is 0 Å². The largest absolute Gasteiger partial charge is 0.377 e. The topological polar surface area (TPSA) is 48.9 Å². The summed E-state index contributed by atoms with van der Waals surface area (Å²) in [5.74, 6) is 2.62. The van der Waals surface area contributed by atoms with E-state index in [1.807, 2.05) is 0 Å². The van der Waals surface area contributed by atoms with Gasteiger partial charge in [-0.2, -0.15) is 0 Å². The molecule has 0 radical (unpaired) electrons. The lowest BCUT2D eigenvalue weighted by molar-refractivity contribution is -0.106. The van der Waals surface area contributed by atoms with Gasteiger partial charge in [-0.15, -0.1) is 0 Å². The number of hydrogen-bond acceptors (Lipinski definition) is 3. The van der Waals surface area contributed by atoms with Crippen LogP contribution in [0.25, 0.3) is 0 Å². The number of nitrogens with zero attached hydrogens (tertiary/aromatic N) is 2. The Labute approximate surface area is 159 Å². The number of nitrogens with one attached hydrogen (secondary N) is 2. The first kappa shape index (κ1) is 18.5. The van der Waals surface area contributed by atoms with Crippen molar-refractivity contribution >= 4 is 5.96 Å². The van der Waals surface area contributed by atoms with Crippen LogP contribution in [0.3, 0.4) is 0 Å². The molecule has 0 aromatic carbocycles. The first-order chi connectivity index (χ1) is 12.6. The van der Waals surface area contributed by atoms with Gasteiger partial charge in [0.05, 0.1) is 6.10 Å². The summed E-state index contributed by atoms with van der Waals surface area (Å²) in [7, 11) is 0. The van der Waals surface area contributed by atoms with Crippen LogP contribution < -0.4 is 10.6 Å². The summed E-state index contributed by atoms with van der Waals surface area (Å²) >= 11 is 0. The van der Waals surface area contributed by atoms with Crippen molar-refractivity contribution in [2.45, 2.75) is 77.5 Å². The molecule has 2 saturated carbocycles. The maximum Gasteiger partial charge on any atom is 0.191 e. The van der Waals surface area contributed by atoms with E-state index in [2.05, 4.69) is 36.3 Å². The molecule has 0 amide bonds. The minimum absolute atomic E-state index is 0.196. The van der Waals surface area contributed by atoms with Gasteiger partial charge in [-0.05, 0) is 38.5 Å². The van der Waals surface area contributed by atoms with Crippen LogP contribution in [0.4, 0.5) is 0 Å². The van der Waals surface area contributed by atoms with Crippen molar-refractivity contribution < 1.29 is 4.74 Å². The lowest BCUT2D eigenvalue weighted by Gasteiger charge is -2.55. The molecule has 2 aliphatic heterocycles. The van der Waals surface area contributed by atoms with Crippen LogP contribution in [0, 0.1) is 17.3 Å². The molecule has 0 spiro atoms. The number of likely N-dealkylation sites (tertiary alicyclic amines) is 1. The number of guanidine groups is 1. The molecule has 4 aliphatic rings. The maximum atomic E-state index is 5.94. The van der Waals surface area contributed by atoms with Crippen molar-refractivity contribution in [3.05, 3.63) is 0 Å². The Morgan fingerprint density at radius 3 is 2.73 bits per heavy atom. The van der Waals surface area contributed by atoms with Crippen LogP contribution in [-0.4, -0.2) is 61.8 Å². The predicted octanol–water partition coefficient (Wildman–Crippen LogP) is 2.62. The summed E-state index contributed by atoms with van der Waals surface area (Å²) in [6.45, 7) is 12.2. The number of rotatable bonds is 5. The Morgan fingerprint density at radius 1 is 1.15 bits per heavy atom. The zero-order valence-corrected chi connectivity index (χ0v) is 17.0. The van der Waals surface area contributed by atoms with Crippen LogP contribution in [0.2, 0.25) is 0 Å². The summed E-state index contributed by atoms with van der Waals surface area (Å²) < 4.78 is 5.94. The Kier molecular flexibility index (Phi) is 5.47. The van der Waals surface area contributed by atoms with Gasteiger partial charge < -0.3 is 20.3 Å². The average molecular weight is 363 g/mol. The fourth-order valence-corrected chi connectivity index (χ4v) is 5.92. The van der Waals surface area contributed by atoms with E-state index in [4.69, 9.17) is 9.73 Å². The molecule has 0 aromatic rings. The van der Waals surface area contributed by atoms with Gasteiger partial charge in [0.2, 0.25) is 0 Å². The second-order valence-corrected chi connectivity index (χ2v) is 9.55. The minimum Gasteiger partial charge on any atom is -0.377 e. The van der Waals surface area contributed by atoms with Crippen molar-refractivity contribution in [2.24, 2.45) is 22.2 Å². The van der Waals surface area contributed by atoms with Crippen molar-refractivity contribution in [3.8, 4) is 0 Å². The lowest BCUT2D eigenvalue weighted by atomic mass is 9.57. The zero-order valence-electron chi connectivity index (χ0n) is 17.0. The Bertz CT molecular complexity index is 514. The normalized spacial score (nSPS) is 37.6. The summed E-state index contributed by atoms with van der Waals surface area (Å²) in [5.41, 5.74) is 0.196. The van der Waals surface area contributed by atoms with Crippen LogP contribution in [0.1, 0.15) is 59.3 Å². The molecule has 4 rings (SSSR count). The molecule has 4 fully saturated rings. The van der Waals surface area contributed by atoms with E-state index >= 15 is 0 Å². The monoisotopic (exact) mass is 362 g/mol. The Hall–Kier alpha value is -0.810. The van der Waals surface area contributed by atoms with Crippen LogP contribution in [0.5, 0.6) is 0 Å². The van der Waals surface area contributed by atoms with E-state index in [1.165, 1.54) is 58.2 Å². The number of aliphatic imine (C=N–C) groups is 1. The quantitative estimate of drug-likeness (QED) is 0.583. The smallest absolute Gasteiger partial charge is 0.191 e. The van der Waals surface area contributed by atoms with E-state index < -0.39 is 0 Å². The van der Waals surface area contributed by atoms with Gasteiger partial charge >= 0.3 is 0 Å². The molecule has 5 nitrogen and oxygen atoms in total. The summed E-state index contributed by atoms with van der Waals surface area (Å²) in [4.78, 5) is 7.42. The molecular weight excluding hydrogens is 324 g/mol. The standard InChI is InChI=1S/C21H38N4O/c1-4-22-20(24-18-17-10-12-26-19(17)21(18,2)3)23-16-9-11-25(14-16)13-15-7-5-6-8-15/h15-19H,4-14H2,1-3H3,(H2,22,23,24). The highest BCUT2D eigenvalue weighted by atomic mass is 16.5. The second kappa shape index (κ2) is 7.67. The van der Waals surface area contributed by atoms with Gasteiger partial charge in [0, 0.05) is 56.2 Å². The van der Waals surface area contributed by atoms with Gasteiger partial charge in [0.1, 0.15) is 0 Å². The molecule has 2 N–H and O–H groups in total. The lowest BCUT2D eigenvalue weighted by Crippen LogP contribution is -2.68. The van der Waals surface area contributed by atoms with Crippen molar-refractivity contribution in [2.75, 3.05) is 32.8 Å². The van der Waals surface area contributed by atoms with Gasteiger partial charge in [-0.25, -0.2) is 0 Å². The van der Waals surface area contributed by atoms with Crippen molar-refractivity contribution in [3.63, 3.8) is 0 Å². The molecule has 148 valence electrons. The van der Waals surface area contributed by atoms with Gasteiger partial charge in [0.15, 0.2) is 5.96 Å². The molecule has 5 heteroatoms. The predicted molar refractivity (Wildman–Crippen MR) is 106 cm³/mol. The first-order valence-corrected chi connectivity index (χ1v) is 11.0. The fraction of sp³-hybridized carbons (Fsp3) is 0.952. The van der Waals surface area contributed by atoms with E-state index in [0.29, 0.717) is 24.1 Å². The highest BCUT2D eigenvalue weighted by Crippen LogP contribution is 2.52. The van der Waals surface area contributed by atoms with E-state index in [1.54, 1.807) is 0 Å². The molecular formula is C21H38N4O. The average Bonchev–Trinajstić information content (AvgIpc) is 3.34. The minimum atomic E-state index is 0.196. The van der Waals surface area contributed by atoms with Crippen LogP contribution in [0.15, 0.2) is 4.99 Å². The summed E-state index contributed by atoms with van der Waals surface area (Å²) in [6, 6.07) is 1.01. The highest BCUT2D eigenvalue weighted by Gasteiger charge is 2.59. The molecule has 4 atom stereocenters. The second-order valence-electron chi connectivity index (χ2n) is 9.55. The fourth-order valence-electron chi connectivity index (χ4n) is 5.92. The molecule has 4 unspecified atom stereocenters. The van der Waals surface area contributed by atoms with E-state index in [-0.39, 0.29) is 5.41 Å². The third-order valence-corrected chi connectivity index (χ3v) is 7.31. The molecule has 26 heavy (non-hydrogen) atoms. The molecule has 0 bridgehead atoms. The van der Waals surface area contributed by atoms with E-state index in [0.717, 1.165) is 25.0 Å². The number of ether oxygens (including phenoxy) is 1. The van der Waals surface area contributed by atoms with Crippen molar-refractivity contribution in [1.82, 2.24) is 15.5 Å². The maximum absolute atomic E-state index is 5.94. The van der Waals surface area contributed by atoms with Crippen molar-refractivity contribution in [1.29, 1.82) is 0 Å². The van der Waals surface area contributed by atoms with Gasteiger partial charge in [0.25, 0.3) is 0 Å². The highest BCUT2D eigenvalue weighted by molar-refractivity contribution is 5.80. The van der Waals surface area contributed by atoms with E-state index in [9.17, 15) is 0 Å². The van der Waals surface area contributed by atoms with Gasteiger partial charge in [-0.3, -0.25) is 4.99 Å². The third kappa shape index (κ3) is 3.62. The summed E-state index contributed by atoms with van der Waals surface area (Å²) in [6.07, 6.45) is 8.63. The third-order valence-electron chi connectivity index (χ3n) is 7.31. The SMILES string of the molecule is CCN=C(NC1CCN(CC2CCCC2)C1)NC1C2CCOC2C1(C)C. The number of fused-ring (bicyclic) bond motifs is 1. The molecule has 2 saturated heterocycles. The van der Waals surface area contributed by atoms with Gasteiger partial charge in [-0.1, -0.05) is 26.7 Å². The zero-order chi connectivity index (χ0) is 18.1. The first-order valence-electron chi connectivity index (χ1n) is 11.0. The summed E-state index contributed by atoms with van der Waals surface area (Å²) in [5, 5.41) is 7.52. The Balaban J connectivity index is 1.30. The van der Waals surface area contributed by atoms with Crippen LogP contribution in [-0.2, 0) is 4.74 Å². The molecule has 2 heterocycles. The number of hydrogen-bond donors (Lipinski definition) is 2. The Morgan fingerprint density at radius 2 is 1.96 bits per heavy atom.